The highest BCUT2D eigenvalue weighted by molar-refractivity contribution is 7.90. The maximum Gasteiger partial charge on any atom is 0.154 e. The number of benzene rings is 1. The van der Waals surface area contributed by atoms with Crippen molar-refractivity contribution in [3.8, 4) is 6.07 Å². The Morgan fingerprint density at radius 1 is 1.41 bits per heavy atom. The lowest BCUT2D eigenvalue weighted by atomic mass is 10.1. The van der Waals surface area contributed by atoms with Crippen LogP contribution in [0.2, 0.25) is 0 Å². The first-order chi connectivity index (χ1) is 7.98. The highest BCUT2D eigenvalue weighted by atomic mass is 32.2. The lowest BCUT2D eigenvalue weighted by Gasteiger charge is -2.05. The van der Waals surface area contributed by atoms with Crippen LogP contribution < -0.4 is 0 Å². The number of nitrogens with zero attached hydrogens (tertiary/aromatic N) is 1. The first-order valence-electron chi connectivity index (χ1n) is 5.37. The summed E-state index contributed by atoms with van der Waals surface area (Å²) >= 11 is 0. The van der Waals surface area contributed by atoms with Gasteiger partial charge < -0.3 is 0 Å². The number of halogens is 1. The van der Waals surface area contributed by atoms with Crippen LogP contribution in [-0.4, -0.2) is 14.2 Å². The Hall–Kier alpha value is -1.41. The van der Waals surface area contributed by atoms with Gasteiger partial charge in [-0.3, -0.25) is 0 Å². The van der Waals surface area contributed by atoms with E-state index in [1.165, 1.54) is 12.1 Å². The summed E-state index contributed by atoms with van der Waals surface area (Å²) in [6.07, 6.45) is 1.37. The van der Waals surface area contributed by atoms with Crippen LogP contribution in [0.5, 0.6) is 0 Å². The van der Waals surface area contributed by atoms with Crippen LogP contribution in [0, 0.1) is 17.1 Å². The van der Waals surface area contributed by atoms with Gasteiger partial charge in [0.25, 0.3) is 0 Å². The highest BCUT2D eigenvalue weighted by Gasteiger charge is 2.14. The molecule has 17 heavy (non-hydrogen) atoms. The fraction of sp³-hybridized carbons (Fsp3) is 0.417. The monoisotopic (exact) mass is 255 g/mol. The van der Waals surface area contributed by atoms with Crippen LogP contribution in [-0.2, 0) is 15.6 Å². The molecule has 0 spiro atoms. The number of nitriles is 1. The molecule has 0 atom stereocenters. The minimum Gasteiger partial charge on any atom is -0.228 e. The number of rotatable bonds is 5. The van der Waals surface area contributed by atoms with Crippen molar-refractivity contribution in [1.82, 2.24) is 0 Å². The van der Waals surface area contributed by atoms with Crippen LogP contribution in [0.3, 0.4) is 0 Å². The van der Waals surface area contributed by atoms with Crippen LogP contribution >= 0.6 is 0 Å². The van der Waals surface area contributed by atoms with E-state index in [2.05, 4.69) is 0 Å². The third-order valence-electron chi connectivity index (χ3n) is 2.37. The average molecular weight is 255 g/mol. The lowest BCUT2D eigenvalue weighted by molar-refractivity contribution is 0.584. The number of unbranched alkanes of at least 4 members (excludes halogenated alkanes) is 1. The molecule has 92 valence electrons. The summed E-state index contributed by atoms with van der Waals surface area (Å²) in [6, 6.07) is 5.65. The topological polar surface area (TPSA) is 57.9 Å². The Balaban J connectivity index is 2.86. The molecule has 0 unspecified atom stereocenters. The first-order valence-corrected chi connectivity index (χ1v) is 7.19. The molecule has 0 fully saturated rings. The summed E-state index contributed by atoms with van der Waals surface area (Å²) in [5.74, 6) is -0.864. The SMILES string of the molecule is CCCCS(=O)(=O)Cc1ccc(C#N)cc1F. The smallest absolute Gasteiger partial charge is 0.154 e. The first kappa shape index (κ1) is 13.7. The second kappa shape index (κ2) is 5.78. The van der Waals surface area contributed by atoms with E-state index in [4.69, 9.17) is 5.26 Å². The summed E-state index contributed by atoms with van der Waals surface area (Å²) < 4.78 is 36.7. The quantitative estimate of drug-likeness (QED) is 0.811. The molecule has 0 heterocycles. The van der Waals surface area contributed by atoms with Gasteiger partial charge in [-0.05, 0) is 18.6 Å². The van der Waals surface area contributed by atoms with Gasteiger partial charge in [-0.1, -0.05) is 19.4 Å². The Labute approximate surface area is 101 Å². The maximum absolute atomic E-state index is 13.5. The fourth-order valence-electron chi connectivity index (χ4n) is 1.41. The molecule has 5 heteroatoms. The van der Waals surface area contributed by atoms with E-state index in [1.54, 1.807) is 6.07 Å². The van der Waals surface area contributed by atoms with Gasteiger partial charge in [0.2, 0.25) is 0 Å². The second-order valence-electron chi connectivity index (χ2n) is 3.86. The average Bonchev–Trinajstić information content (AvgIpc) is 2.29. The second-order valence-corrected chi connectivity index (χ2v) is 6.05. The number of hydrogen-bond acceptors (Lipinski definition) is 3. The summed E-state index contributed by atoms with van der Waals surface area (Å²) in [5, 5.41) is 8.57. The molecule has 0 amide bonds. The maximum atomic E-state index is 13.5. The molecule has 0 aliphatic rings. The van der Waals surface area contributed by atoms with Crippen molar-refractivity contribution in [2.45, 2.75) is 25.5 Å². The molecule has 0 N–H and O–H groups in total. The molecule has 0 radical (unpaired) electrons. The van der Waals surface area contributed by atoms with E-state index >= 15 is 0 Å². The molecule has 0 aliphatic carbocycles. The van der Waals surface area contributed by atoms with Crippen molar-refractivity contribution >= 4 is 9.84 Å². The summed E-state index contributed by atoms with van der Waals surface area (Å²) in [5.41, 5.74) is 0.317. The molecule has 1 rings (SSSR count). The van der Waals surface area contributed by atoms with Crippen molar-refractivity contribution < 1.29 is 12.8 Å². The minimum atomic E-state index is -3.26. The van der Waals surface area contributed by atoms with Crippen molar-refractivity contribution in [2.24, 2.45) is 0 Å². The molecule has 0 aliphatic heterocycles. The zero-order valence-corrected chi connectivity index (χ0v) is 10.4. The summed E-state index contributed by atoms with van der Waals surface area (Å²) in [6.45, 7) is 1.90. The fourth-order valence-corrected chi connectivity index (χ4v) is 2.99. The van der Waals surface area contributed by atoms with Crippen molar-refractivity contribution in [2.75, 3.05) is 5.75 Å². The molecular weight excluding hydrogens is 241 g/mol. The van der Waals surface area contributed by atoms with Gasteiger partial charge in [-0.2, -0.15) is 5.26 Å². The van der Waals surface area contributed by atoms with E-state index in [9.17, 15) is 12.8 Å². The number of hydrogen-bond donors (Lipinski definition) is 0. The van der Waals surface area contributed by atoms with Gasteiger partial charge in [0, 0.05) is 5.56 Å². The van der Waals surface area contributed by atoms with Gasteiger partial charge in [0.05, 0.1) is 23.1 Å². The molecule has 0 saturated heterocycles. The molecule has 0 bridgehead atoms. The van der Waals surface area contributed by atoms with E-state index in [1.807, 2.05) is 6.92 Å². The zero-order valence-electron chi connectivity index (χ0n) is 9.61. The van der Waals surface area contributed by atoms with Gasteiger partial charge in [0.1, 0.15) is 5.82 Å². The highest BCUT2D eigenvalue weighted by Crippen LogP contribution is 2.14. The Morgan fingerprint density at radius 3 is 2.65 bits per heavy atom. The minimum absolute atomic E-state index is 0.0724. The third-order valence-corrected chi connectivity index (χ3v) is 4.03. The van der Waals surface area contributed by atoms with Crippen LogP contribution in [0.15, 0.2) is 18.2 Å². The van der Waals surface area contributed by atoms with E-state index in [0.717, 1.165) is 12.5 Å². The van der Waals surface area contributed by atoms with E-state index in [-0.39, 0.29) is 22.6 Å². The predicted molar refractivity (Wildman–Crippen MR) is 63.5 cm³/mol. The largest absolute Gasteiger partial charge is 0.228 e. The van der Waals surface area contributed by atoms with Crippen molar-refractivity contribution in [3.05, 3.63) is 35.1 Å². The Morgan fingerprint density at radius 2 is 2.12 bits per heavy atom. The Bertz CT molecular complexity index is 532. The van der Waals surface area contributed by atoms with Crippen LogP contribution in [0.4, 0.5) is 4.39 Å². The van der Waals surface area contributed by atoms with Gasteiger partial charge in [0.15, 0.2) is 9.84 Å². The van der Waals surface area contributed by atoms with Gasteiger partial charge >= 0.3 is 0 Å². The number of sulfone groups is 1. The normalized spacial score (nSPS) is 11.1. The molecule has 0 saturated carbocycles. The Kier molecular flexibility index (Phi) is 4.64. The van der Waals surface area contributed by atoms with Gasteiger partial charge in [-0.15, -0.1) is 0 Å². The van der Waals surface area contributed by atoms with Crippen LogP contribution in [0.25, 0.3) is 0 Å². The van der Waals surface area contributed by atoms with Crippen LogP contribution in [0.1, 0.15) is 30.9 Å². The summed E-state index contributed by atoms with van der Waals surface area (Å²) in [4.78, 5) is 0. The van der Waals surface area contributed by atoms with Crippen molar-refractivity contribution in [1.29, 1.82) is 5.26 Å². The predicted octanol–water partition coefficient (Wildman–Crippen LogP) is 2.41. The van der Waals surface area contributed by atoms with E-state index in [0.29, 0.717) is 6.42 Å². The molecule has 0 aromatic heterocycles. The zero-order chi connectivity index (χ0) is 12.9. The molecule has 1 aromatic rings. The third kappa shape index (κ3) is 4.16. The van der Waals surface area contributed by atoms with Gasteiger partial charge in [-0.25, -0.2) is 12.8 Å². The standard InChI is InChI=1S/C12H14FNO2S/c1-2-3-6-17(15,16)9-11-5-4-10(8-14)7-12(11)13/h4-5,7H,2-3,6,9H2,1H3. The molecule has 3 nitrogen and oxygen atoms in total. The van der Waals surface area contributed by atoms with Crippen molar-refractivity contribution in [3.63, 3.8) is 0 Å². The summed E-state index contributed by atoms with van der Waals surface area (Å²) in [7, 11) is -3.26. The lowest BCUT2D eigenvalue weighted by Crippen LogP contribution is -2.10. The molecular formula is C12H14FNO2S. The molecule has 1 aromatic carbocycles. The van der Waals surface area contributed by atoms with E-state index < -0.39 is 15.7 Å².